The predicted octanol–water partition coefficient (Wildman–Crippen LogP) is 7.37. The lowest BCUT2D eigenvalue weighted by molar-refractivity contribution is -0.384. The van der Waals surface area contributed by atoms with Gasteiger partial charge >= 0.3 is 5.69 Å². The van der Waals surface area contributed by atoms with Crippen LogP contribution in [0.25, 0.3) is 11.0 Å². The number of piperazine rings is 1. The Hall–Kier alpha value is -6.47. The number of amides is 5. The number of halogens is 3. The number of carbonyl (C=O) groups is 5. The molecule has 4 aliphatic heterocycles. The summed E-state index contributed by atoms with van der Waals surface area (Å²) in [5.41, 5.74) is 1.60. The van der Waals surface area contributed by atoms with Crippen LogP contribution in [-0.2, 0) is 49.4 Å². The van der Waals surface area contributed by atoms with Crippen molar-refractivity contribution in [1.82, 2.24) is 34.9 Å². The number of anilines is 1. The maximum absolute atomic E-state index is 16.8. The zero-order chi connectivity index (χ0) is 53.9. The zero-order valence-electron chi connectivity index (χ0n) is 42.9. The minimum absolute atomic E-state index is 0.0551. The van der Waals surface area contributed by atoms with Crippen LogP contribution in [0.5, 0.6) is 0 Å². The minimum atomic E-state index is -1.48. The number of aromatic nitrogens is 2. The van der Waals surface area contributed by atoms with Crippen molar-refractivity contribution in [3.8, 4) is 0 Å². The molecule has 404 valence electrons. The van der Waals surface area contributed by atoms with Crippen molar-refractivity contribution in [3.63, 3.8) is 0 Å². The van der Waals surface area contributed by atoms with Gasteiger partial charge in [-0.15, -0.1) is 0 Å². The fourth-order valence-corrected chi connectivity index (χ4v) is 14.3. The quantitative estimate of drug-likeness (QED) is 0.0644. The molecule has 3 N–H and O–H groups in total. The third-order valence-corrected chi connectivity index (χ3v) is 18.3. The van der Waals surface area contributed by atoms with Gasteiger partial charge in [-0.3, -0.25) is 58.8 Å². The van der Waals surface area contributed by atoms with Gasteiger partial charge in [0.25, 0.3) is 5.69 Å². The number of fused-ring (bicyclic) bond motifs is 4. The number of non-ortho nitro benzene ring substituents is 1. The largest absolute Gasteiger partial charge is 0.352 e. The normalized spacial score (nSPS) is 25.4. The third-order valence-electron chi connectivity index (χ3n) is 17.8. The van der Waals surface area contributed by atoms with Crippen molar-refractivity contribution in [3.05, 3.63) is 138 Å². The predicted molar refractivity (Wildman–Crippen MR) is 288 cm³/mol. The molecule has 1 aromatic heterocycles. The second-order valence-electron chi connectivity index (χ2n) is 22.0. The monoisotopic (exact) mass is 1090 g/mol. The van der Waals surface area contributed by atoms with Crippen LogP contribution in [0.15, 0.2) is 83.7 Å². The van der Waals surface area contributed by atoms with Crippen LogP contribution in [0.1, 0.15) is 111 Å². The number of hydrogen-bond donors (Lipinski definition) is 3. The van der Waals surface area contributed by atoms with Crippen LogP contribution in [-0.4, -0.2) is 104 Å². The van der Waals surface area contributed by atoms with E-state index in [1.165, 1.54) is 22.8 Å². The zero-order valence-corrected chi connectivity index (χ0v) is 44.4. The van der Waals surface area contributed by atoms with E-state index in [9.17, 15) is 29.3 Å². The van der Waals surface area contributed by atoms with Gasteiger partial charge in [0, 0.05) is 85.9 Å². The van der Waals surface area contributed by atoms with Gasteiger partial charge in [0.15, 0.2) is 0 Å². The number of imidazole rings is 1. The van der Waals surface area contributed by atoms with E-state index in [0.29, 0.717) is 79.0 Å². The second kappa shape index (κ2) is 21.1. The van der Waals surface area contributed by atoms with Gasteiger partial charge < -0.3 is 15.1 Å². The Morgan fingerprint density at radius 1 is 0.857 bits per heavy atom. The number of piperidine rings is 1. The van der Waals surface area contributed by atoms with E-state index < -0.39 is 45.6 Å². The number of benzene rings is 4. The summed E-state index contributed by atoms with van der Waals surface area (Å²) in [6, 6.07) is 19.9. The highest BCUT2D eigenvalue weighted by Gasteiger charge is 2.73. The van der Waals surface area contributed by atoms with Gasteiger partial charge in [-0.25, -0.2) is 9.18 Å². The molecule has 5 amide bonds. The van der Waals surface area contributed by atoms with E-state index in [1.807, 2.05) is 29.2 Å². The lowest BCUT2D eigenvalue weighted by atomic mass is 9.55. The van der Waals surface area contributed by atoms with Gasteiger partial charge in [0.05, 0.1) is 33.6 Å². The molecule has 3 saturated heterocycles. The number of carbonyl (C=O) groups excluding carboxylic acids is 5. The molecular formula is C57H62Cl2FN9O8. The molecule has 4 aromatic carbocycles. The molecular weight excluding hydrogens is 1030 g/mol. The molecule has 2 spiro atoms. The fraction of sp³-hybridized carbons (Fsp3) is 0.474. The average Bonchev–Trinajstić information content (AvgIpc) is 3.40. The van der Waals surface area contributed by atoms with Crippen LogP contribution in [0.3, 0.4) is 0 Å². The summed E-state index contributed by atoms with van der Waals surface area (Å²) in [5.74, 6) is -3.25. The molecule has 17 nitrogen and oxygen atoms in total. The maximum atomic E-state index is 16.8. The summed E-state index contributed by atoms with van der Waals surface area (Å²) >= 11 is 13.2. The number of nitro groups is 1. The van der Waals surface area contributed by atoms with E-state index in [-0.39, 0.29) is 76.9 Å². The topological polar surface area (TPSA) is 201 Å². The average molecular weight is 1090 g/mol. The number of nitrogens with one attached hydrogen (secondary N) is 3. The fourth-order valence-electron chi connectivity index (χ4n) is 14.0. The van der Waals surface area contributed by atoms with Gasteiger partial charge in [-0.05, 0) is 117 Å². The van der Waals surface area contributed by atoms with Crippen LogP contribution < -0.4 is 26.5 Å². The summed E-state index contributed by atoms with van der Waals surface area (Å²) in [4.78, 5) is 99.8. The van der Waals surface area contributed by atoms with Crippen molar-refractivity contribution < 1.29 is 33.3 Å². The summed E-state index contributed by atoms with van der Waals surface area (Å²) < 4.78 is 19.9. The first kappa shape index (κ1) is 52.6. The summed E-state index contributed by atoms with van der Waals surface area (Å²) in [7, 11) is 1.69. The molecule has 5 heterocycles. The number of aryl methyl sites for hydroxylation is 2. The van der Waals surface area contributed by atoms with Gasteiger partial charge in [0.2, 0.25) is 29.5 Å². The second-order valence-corrected chi connectivity index (χ2v) is 22.8. The lowest BCUT2D eigenvalue weighted by Crippen LogP contribution is -2.61. The van der Waals surface area contributed by atoms with Crippen molar-refractivity contribution in [2.24, 2.45) is 13.0 Å². The van der Waals surface area contributed by atoms with Crippen molar-refractivity contribution in [2.45, 2.75) is 125 Å². The summed E-state index contributed by atoms with van der Waals surface area (Å²) in [5, 5.41) is 21.2. The first-order valence-electron chi connectivity index (χ1n) is 27.0. The molecule has 20 heteroatoms. The molecule has 11 rings (SSSR count). The Labute approximate surface area is 454 Å². The smallest absolute Gasteiger partial charge is 0.329 e. The Morgan fingerprint density at radius 3 is 2.30 bits per heavy atom. The Morgan fingerprint density at radius 2 is 1.58 bits per heavy atom. The van der Waals surface area contributed by atoms with Crippen molar-refractivity contribution >= 4 is 75.1 Å². The number of rotatable bonds is 12. The van der Waals surface area contributed by atoms with E-state index >= 15 is 14.0 Å². The lowest BCUT2D eigenvalue weighted by Gasteiger charge is -2.47. The Bertz CT molecular complexity index is 3250. The van der Waals surface area contributed by atoms with Gasteiger partial charge in [-0.1, -0.05) is 78.9 Å². The molecule has 0 radical (unpaired) electrons. The molecule has 2 aliphatic carbocycles. The molecule has 0 bridgehead atoms. The highest BCUT2D eigenvalue weighted by Crippen LogP contribution is 2.64. The molecule has 1 unspecified atom stereocenters. The molecule has 5 aromatic rings. The van der Waals surface area contributed by atoms with Gasteiger partial charge in [-0.2, -0.15) is 0 Å². The van der Waals surface area contributed by atoms with E-state index in [1.54, 1.807) is 52.9 Å². The van der Waals surface area contributed by atoms with E-state index in [2.05, 4.69) is 20.9 Å². The molecule has 2 saturated carbocycles. The molecule has 5 fully saturated rings. The molecule has 77 heavy (non-hydrogen) atoms. The highest BCUT2D eigenvalue weighted by atomic mass is 35.5. The Balaban J connectivity index is 0.745. The standard InChI is InChI=1S/C57H62Cl2FN9O8/c1-64-46-31-34(12-21-43(46)68(55(64)75)44-22-23-47(70)62-51(44)71)7-6-26-65-27-29-66(30-28-65)53(73)36-13-16-38(17-14-36)61-52(72)50-48(40-8-5-9-42(59)49(40)60)57(56(63-50)24-3-2-4-25-56)41-20-15-37(58)32-45(41)67(54(57)74)33-35-10-18-39(19-11-35)69(76)77/h5,8-12,15,18-21,31-32,36,38,44,48,50,63H,2-4,6-7,13-14,16-17,22-30,33H2,1H3,(H,61,72)(H,62,70,71)/t36?,38?,44?,48-,50+,57+/m0/s1. The van der Waals surface area contributed by atoms with Crippen molar-refractivity contribution in [2.75, 3.05) is 37.6 Å². The number of imide groups is 1. The van der Waals surface area contributed by atoms with Crippen LogP contribution >= 0.6 is 23.2 Å². The first-order chi connectivity index (χ1) is 37.1. The number of nitrogens with zero attached hydrogens (tertiary/aromatic N) is 6. The van der Waals surface area contributed by atoms with E-state index in [0.717, 1.165) is 62.8 Å². The summed E-state index contributed by atoms with van der Waals surface area (Å²) in [6.45, 7) is 3.64. The third kappa shape index (κ3) is 9.31. The number of hydrogen-bond acceptors (Lipinski definition) is 10. The van der Waals surface area contributed by atoms with Crippen LogP contribution in [0.2, 0.25) is 10.0 Å². The highest BCUT2D eigenvalue weighted by molar-refractivity contribution is 6.31. The summed E-state index contributed by atoms with van der Waals surface area (Å²) in [6.07, 6.45) is 8.04. The molecule has 6 aliphatic rings. The SMILES string of the molecule is Cn1c(=O)n(C2CCC(=O)NC2=O)c2ccc(CCCN3CCN(C(=O)C4CCC(NC(=O)[C@@H]5NC6(CCCCC6)[C@@]6(C(=O)N(Cc7ccc([N+](=O)[O-])cc7)c7cc(Cl)ccc76)[C@H]5c5cccc(Cl)c5F)CC4)CC3)cc21. The number of nitro benzene ring substituents is 1. The maximum Gasteiger partial charge on any atom is 0.329 e. The van der Waals surface area contributed by atoms with E-state index in [4.69, 9.17) is 23.2 Å². The van der Waals surface area contributed by atoms with Crippen LogP contribution in [0.4, 0.5) is 15.8 Å². The minimum Gasteiger partial charge on any atom is -0.352 e. The first-order valence-corrected chi connectivity index (χ1v) is 27.8. The van der Waals surface area contributed by atoms with Gasteiger partial charge in [0.1, 0.15) is 17.3 Å². The Kier molecular flexibility index (Phi) is 14.4. The molecule has 4 atom stereocenters. The van der Waals surface area contributed by atoms with Crippen LogP contribution in [0, 0.1) is 21.8 Å². The van der Waals surface area contributed by atoms with Crippen molar-refractivity contribution in [1.29, 1.82) is 0 Å².